The van der Waals surface area contributed by atoms with Gasteiger partial charge in [-0.2, -0.15) is 0 Å². The zero-order valence-electron chi connectivity index (χ0n) is 10.1. The van der Waals surface area contributed by atoms with E-state index in [-0.39, 0.29) is 0 Å². The van der Waals surface area contributed by atoms with E-state index in [1.807, 2.05) is 6.07 Å². The van der Waals surface area contributed by atoms with Crippen molar-refractivity contribution < 1.29 is 2.76 Å². The minimum atomic E-state index is -0.536. The van der Waals surface area contributed by atoms with Gasteiger partial charge in [0.25, 0.3) is 0 Å². The van der Waals surface area contributed by atoms with Gasteiger partial charge in [0.05, 0.1) is 0 Å². The molecule has 0 spiro atoms. The first kappa shape index (κ1) is 11.7. The average molecular weight is 349 g/mol. The number of rotatable bonds is 2. The van der Waals surface area contributed by atoms with Gasteiger partial charge in [0.2, 0.25) is 0 Å². The third-order valence-electron chi connectivity index (χ3n) is 2.88. The Morgan fingerprint density at radius 1 is 0.833 bits per heavy atom. The van der Waals surface area contributed by atoms with Crippen LogP contribution in [0.4, 0.5) is 0 Å². The van der Waals surface area contributed by atoms with Gasteiger partial charge in [-0.25, -0.2) is 0 Å². The molecule has 0 N–H and O–H groups in total. The van der Waals surface area contributed by atoms with E-state index in [0.29, 0.717) is 0 Å². The first-order valence-corrected chi connectivity index (χ1v) is 8.00. The molecule has 3 rings (SSSR count). The summed E-state index contributed by atoms with van der Waals surface area (Å²) in [6.45, 7) is 2.10. The summed E-state index contributed by atoms with van der Waals surface area (Å²) in [5.74, 6) is 1.02. The van der Waals surface area contributed by atoms with E-state index in [1.165, 1.54) is 20.3 Å². The van der Waals surface area contributed by atoms with Crippen LogP contribution in [0.5, 0.6) is 0 Å². The van der Waals surface area contributed by atoms with E-state index in [1.54, 1.807) is 0 Å². The number of benzene rings is 2. The quantitative estimate of drug-likeness (QED) is 0.497. The van der Waals surface area contributed by atoms with Gasteiger partial charge in [0.1, 0.15) is 0 Å². The van der Waals surface area contributed by atoms with Crippen LogP contribution in [0, 0.1) is 6.92 Å². The van der Waals surface area contributed by atoms with Crippen molar-refractivity contribution in [1.82, 2.24) is 0 Å². The summed E-state index contributed by atoms with van der Waals surface area (Å²) in [5.41, 5.74) is 3.75. The van der Waals surface area contributed by atoms with E-state index < -0.39 is 20.9 Å². The molecule has 2 heteroatoms. The zero-order valence-corrected chi connectivity index (χ0v) is 12.4. The van der Waals surface area contributed by atoms with E-state index in [0.717, 1.165) is 5.76 Å². The molecule has 0 atom stereocenters. The summed E-state index contributed by atoms with van der Waals surface area (Å²) in [6, 6.07) is 21.2. The third-order valence-corrected chi connectivity index (χ3v) is 5.15. The molecular formula is C16H13OTe+. The molecule has 0 saturated heterocycles. The molecule has 2 aromatic carbocycles. The van der Waals surface area contributed by atoms with Crippen LogP contribution < -0.4 is 0 Å². The number of hydrogen-bond donors (Lipinski definition) is 0. The molecule has 1 heterocycles. The molecule has 0 bridgehead atoms. The Labute approximate surface area is 117 Å². The Morgan fingerprint density at radius 3 is 2.28 bits per heavy atom. The Morgan fingerprint density at radius 2 is 1.56 bits per heavy atom. The normalized spacial score (nSPS) is 10.5. The van der Waals surface area contributed by atoms with Crippen LogP contribution in [0.1, 0.15) is 5.56 Å². The fraction of sp³-hybridized carbons (Fsp3) is 0.0625. The van der Waals surface area contributed by atoms with E-state index >= 15 is 0 Å². The molecule has 3 aromatic rings. The van der Waals surface area contributed by atoms with Crippen LogP contribution in [0.25, 0.3) is 20.5 Å². The van der Waals surface area contributed by atoms with Gasteiger partial charge in [-0.05, 0) is 0 Å². The number of hydrogen-bond acceptors (Lipinski definition) is 0. The van der Waals surface area contributed by atoms with E-state index in [9.17, 15) is 0 Å². The molecule has 0 amide bonds. The molecular weight excluding hydrogens is 336 g/mol. The molecule has 1 nitrogen and oxygen atoms in total. The van der Waals surface area contributed by atoms with Crippen molar-refractivity contribution in [3.8, 4) is 20.5 Å². The molecule has 18 heavy (non-hydrogen) atoms. The van der Waals surface area contributed by atoms with E-state index in [4.69, 9.17) is 2.76 Å². The zero-order chi connectivity index (χ0) is 12.4. The van der Waals surface area contributed by atoms with Gasteiger partial charge in [-0.15, -0.1) is 0 Å². The minimum absolute atomic E-state index is 0.536. The molecule has 1 aromatic heterocycles. The summed E-state index contributed by atoms with van der Waals surface area (Å²) in [7, 11) is 0. The topological polar surface area (TPSA) is 11.3 Å². The molecule has 88 valence electrons. The number of aryl methyl sites for hydroxylation is 1. The third kappa shape index (κ3) is 2.41. The predicted octanol–water partition coefficient (Wildman–Crippen LogP) is 4.26. The van der Waals surface area contributed by atoms with Gasteiger partial charge < -0.3 is 0 Å². The Kier molecular flexibility index (Phi) is 3.32. The summed E-state index contributed by atoms with van der Waals surface area (Å²) in [5, 5.41) is 0. The van der Waals surface area contributed by atoms with Gasteiger partial charge in [-0.3, -0.25) is 0 Å². The molecule has 0 unspecified atom stereocenters. The van der Waals surface area contributed by atoms with Gasteiger partial charge >= 0.3 is 117 Å². The van der Waals surface area contributed by atoms with Crippen LogP contribution in [0.3, 0.4) is 0 Å². The van der Waals surface area contributed by atoms with Crippen LogP contribution in [0.15, 0.2) is 63.4 Å². The van der Waals surface area contributed by atoms with Crippen molar-refractivity contribution >= 4 is 20.9 Å². The molecule has 0 radical (unpaired) electrons. The van der Waals surface area contributed by atoms with E-state index in [2.05, 4.69) is 61.5 Å². The van der Waals surface area contributed by atoms with Crippen LogP contribution >= 0.6 is 0 Å². The summed E-state index contributed by atoms with van der Waals surface area (Å²) < 4.78 is 7.27. The van der Waals surface area contributed by atoms with Crippen molar-refractivity contribution in [3.63, 3.8) is 0 Å². The molecule has 0 fully saturated rings. The maximum absolute atomic E-state index is 5.90. The fourth-order valence-corrected chi connectivity index (χ4v) is 3.87. The summed E-state index contributed by atoms with van der Waals surface area (Å²) in [6.07, 6.45) is 0. The van der Waals surface area contributed by atoms with Crippen molar-refractivity contribution in [2.75, 3.05) is 0 Å². The molecule has 0 aliphatic heterocycles. The Hall–Kier alpha value is -1.36. The van der Waals surface area contributed by atoms with Gasteiger partial charge in [0, 0.05) is 0 Å². The molecule has 0 aliphatic rings. The van der Waals surface area contributed by atoms with Crippen LogP contribution in [-0.2, 0) is 0 Å². The SMILES string of the molecule is Cc1ccc(-c2cc(-c3ccccc3)[te][o+]2)cc1. The second-order valence-electron chi connectivity index (χ2n) is 4.27. The maximum atomic E-state index is 5.90. The van der Waals surface area contributed by atoms with Crippen molar-refractivity contribution in [2.45, 2.75) is 6.92 Å². The van der Waals surface area contributed by atoms with Crippen molar-refractivity contribution in [2.24, 2.45) is 0 Å². The van der Waals surface area contributed by atoms with Gasteiger partial charge in [-0.1, -0.05) is 0 Å². The van der Waals surface area contributed by atoms with Crippen molar-refractivity contribution in [1.29, 1.82) is 0 Å². The predicted molar refractivity (Wildman–Crippen MR) is 75.7 cm³/mol. The fourth-order valence-electron chi connectivity index (χ4n) is 1.84. The van der Waals surface area contributed by atoms with Gasteiger partial charge in [0.15, 0.2) is 0 Å². The summed E-state index contributed by atoms with van der Waals surface area (Å²) in [4.78, 5) is 0. The average Bonchev–Trinajstić information content (AvgIpc) is 2.90. The monoisotopic (exact) mass is 351 g/mol. The first-order valence-electron chi connectivity index (χ1n) is 5.88. The Bertz CT molecular complexity index is 638. The van der Waals surface area contributed by atoms with Crippen LogP contribution in [-0.4, -0.2) is 20.9 Å². The first-order chi connectivity index (χ1) is 8.83. The second kappa shape index (κ2) is 5.10. The van der Waals surface area contributed by atoms with Crippen LogP contribution in [0.2, 0.25) is 0 Å². The second-order valence-corrected chi connectivity index (χ2v) is 6.48. The summed E-state index contributed by atoms with van der Waals surface area (Å²) >= 11 is -0.536. The van der Waals surface area contributed by atoms with Crippen molar-refractivity contribution in [3.05, 3.63) is 66.2 Å². The standard InChI is InChI=1S/C16H13OTe/c1-12-7-9-13(10-8-12)15-11-16(18-17-15)14-5-3-2-4-6-14/h2-11H,1H3/q+1. The molecule has 0 saturated carbocycles. The molecule has 0 aliphatic carbocycles. The Balaban J connectivity index is 1.97.